The van der Waals surface area contributed by atoms with Crippen molar-refractivity contribution < 1.29 is 12.8 Å². The normalized spacial score (nSPS) is 18.4. The minimum atomic E-state index is -3.62. The predicted octanol–water partition coefficient (Wildman–Crippen LogP) is 2.09. The SMILES string of the molecule is NS(=O)(=O)c1ccc(CNC2CCCc3occc32)cc1. The van der Waals surface area contributed by atoms with Gasteiger partial charge in [-0.1, -0.05) is 12.1 Å². The third kappa shape index (κ3) is 3.18. The first-order chi connectivity index (χ1) is 10.0. The first-order valence-electron chi connectivity index (χ1n) is 6.95. The molecule has 0 spiro atoms. The standard InChI is InChI=1S/C15H18N2O3S/c16-21(18,19)12-6-4-11(5-7-12)10-17-14-2-1-3-15-13(14)8-9-20-15/h4-9,14,17H,1-3,10H2,(H2,16,18,19). The largest absolute Gasteiger partial charge is 0.469 e. The van der Waals surface area contributed by atoms with Gasteiger partial charge in [-0.15, -0.1) is 0 Å². The van der Waals surface area contributed by atoms with Gasteiger partial charge in [0.25, 0.3) is 0 Å². The van der Waals surface area contributed by atoms with Crippen LogP contribution in [0.15, 0.2) is 45.9 Å². The Bertz CT molecular complexity index is 720. The zero-order chi connectivity index (χ0) is 14.9. The van der Waals surface area contributed by atoms with Crippen molar-refractivity contribution in [2.75, 3.05) is 0 Å². The van der Waals surface area contributed by atoms with Crippen LogP contribution in [-0.4, -0.2) is 8.42 Å². The molecule has 0 saturated heterocycles. The number of hydrogen-bond donors (Lipinski definition) is 2. The first kappa shape index (κ1) is 14.3. The fourth-order valence-corrected chi connectivity index (χ4v) is 3.25. The second-order valence-electron chi connectivity index (χ2n) is 5.31. The van der Waals surface area contributed by atoms with Gasteiger partial charge in [0.1, 0.15) is 5.76 Å². The number of fused-ring (bicyclic) bond motifs is 1. The van der Waals surface area contributed by atoms with Crippen molar-refractivity contribution in [3.63, 3.8) is 0 Å². The van der Waals surface area contributed by atoms with E-state index in [1.807, 2.05) is 6.07 Å². The van der Waals surface area contributed by atoms with Crippen LogP contribution in [0.2, 0.25) is 0 Å². The number of nitrogens with one attached hydrogen (secondary N) is 1. The Morgan fingerprint density at radius 2 is 2.00 bits per heavy atom. The maximum atomic E-state index is 11.2. The molecule has 0 saturated carbocycles. The molecule has 1 aromatic carbocycles. The van der Waals surface area contributed by atoms with E-state index >= 15 is 0 Å². The highest BCUT2D eigenvalue weighted by Gasteiger charge is 2.21. The molecular formula is C15H18N2O3S. The summed E-state index contributed by atoms with van der Waals surface area (Å²) in [6.45, 7) is 0.681. The van der Waals surface area contributed by atoms with E-state index in [0.29, 0.717) is 12.6 Å². The van der Waals surface area contributed by atoms with Gasteiger partial charge in [-0.2, -0.15) is 0 Å². The van der Waals surface area contributed by atoms with Gasteiger partial charge >= 0.3 is 0 Å². The summed E-state index contributed by atoms with van der Waals surface area (Å²) in [5.74, 6) is 1.07. The third-order valence-electron chi connectivity index (χ3n) is 3.86. The van der Waals surface area contributed by atoms with Crippen LogP contribution in [0.4, 0.5) is 0 Å². The number of hydrogen-bond acceptors (Lipinski definition) is 4. The molecule has 2 aromatic rings. The zero-order valence-electron chi connectivity index (χ0n) is 11.6. The van der Waals surface area contributed by atoms with E-state index < -0.39 is 10.0 Å². The van der Waals surface area contributed by atoms with Crippen molar-refractivity contribution in [1.82, 2.24) is 5.32 Å². The lowest BCUT2D eigenvalue weighted by Crippen LogP contribution is -2.24. The summed E-state index contributed by atoms with van der Waals surface area (Å²) in [5, 5.41) is 8.58. The monoisotopic (exact) mass is 306 g/mol. The topological polar surface area (TPSA) is 85.3 Å². The van der Waals surface area contributed by atoms with E-state index in [1.54, 1.807) is 18.4 Å². The molecule has 1 heterocycles. The molecule has 1 unspecified atom stereocenters. The molecule has 3 N–H and O–H groups in total. The fourth-order valence-electron chi connectivity index (χ4n) is 2.74. The third-order valence-corrected chi connectivity index (χ3v) is 4.79. The summed E-state index contributed by atoms with van der Waals surface area (Å²) in [6.07, 6.45) is 4.94. The van der Waals surface area contributed by atoms with Gasteiger partial charge in [-0.3, -0.25) is 0 Å². The van der Waals surface area contributed by atoms with Crippen molar-refractivity contribution >= 4 is 10.0 Å². The zero-order valence-corrected chi connectivity index (χ0v) is 12.4. The minimum absolute atomic E-state index is 0.140. The van der Waals surface area contributed by atoms with E-state index in [1.165, 1.54) is 17.7 Å². The van der Waals surface area contributed by atoms with Gasteiger partial charge in [-0.25, -0.2) is 13.6 Å². The second-order valence-corrected chi connectivity index (χ2v) is 6.88. The van der Waals surface area contributed by atoms with E-state index in [-0.39, 0.29) is 4.90 Å². The van der Waals surface area contributed by atoms with Crippen LogP contribution in [0.25, 0.3) is 0 Å². The Hall–Kier alpha value is -1.63. The highest BCUT2D eigenvalue weighted by atomic mass is 32.2. The lowest BCUT2D eigenvalue weighted by atomic mass is 9.93. The molecule has 0 fully saturated rings. The van der Waals surface area contributed by atoms with Crippen molar-refractivity contribution in [2.24, 2.45) is 5.14 Å². The summed E-state index contributed by atoms with van der Waals surface area (Å²) in [5.41, 5.74) is 2.26. The van der Waals surface area contributed by atoms with Crippen LogP contribution in [0.5, 0.6) is 0 Å². The Kier molecular flexibility index (Phi) is 3.84. The molecule has 0 radical (unpaired) electrons. The Morgan fingerprint density at radius 3 is 2.71 bits per heavy atom. The van der Waals surface area contributed by atoms with E-state index in [2.05, 4.69) is 5.32 Å². The van der Waals surface area contributed by atoms with Gasteiger partial charge in [-0.05, 0) is 36.6 Å². The number of primary sulfonamides is 1. The summed E-state index contributed by atoms with van der Waals surface area (Å²) < 4.78 is 27.9. The van der Waals surface area contributed by atoms with E-state index in [4.69, 9.17) is 9.56 Å². The van der Waals surface area contributed by atoms with E-state index in [9.17, 15) is 8.42 Å². The molecule has 6 heteroatoms. The van der Waals surface area contributed by atoms with Gasteiger partial charge in [0.2, 0.25) is 10.0 Å². The molecule has 1 aliphatic rings. The molecule has 0 amide bonds. The molecule has 112 valence electrons. The van der Waals surface area contributed by atoms with Crippen molar-refractivity contribution in [2.45, 2.75) is 36.7 Å². The highest BCUT2D eigenvalue weighted by Crippen LogP contribution is 2.30. The van der Waals surface area contributed by atoms with Crippen LogP contribution in [0.3, 0.4) is 0 Å². The van der Waals surface area contributed by atoms with Crippen LogP contribution < -0.4 is 10.5 Å². The van der Waals surface area contributed by atoms with E-state index in [0.717, 1.165) is 30.6 Å². The van der Waals surface area contributed by atoms with Crippen LogP contribution >= 0.6 is 0 Å². The number of sulfonamides is 1. The smallest absolute Gasteiger partial charge is 0.238 e. The fraction of sp³-hybridized carbons (Fsp3) is 0.333. The lowest BCUT2D eigenvalue weighted by Gasteiger charge is -2.22. The molecule has 21 heavy (non-hydrogen) atoms. The average molecular weight is 306 g/mol. The van der Waals surface area contributed by atoms with Crippen molar-refractivity contribution in [3.8, 4) is 0 Å². The summed E-state index contributed by atoms with van der Waals surface area (Å²) in [6, 6.07) is 8.96. The summed E-state index contributed by atoms with van der Waals surface area (Å²) >= 11 is 0. The van der Waals surface area contributed by atoms with Crippen molar-refractivity contribution in [1.29, 1.82) is 0 Å². The number of nitrogens with two attached hydrogens (primary N) is 1. The average Bonchev–Trinajstić information content (AvgIpc) is 2.93. The molecule has 0 bridgehead atoms. The number of rotatable bonds is 4. The minimum Gasteiger partial charge on any atom is -0.469 e. The number of aryl methyl sites for hydroxylation is 1. The molecule has 5 nitrogen and oxygen atoms in total. The Balaban J connectivity index is 1.67. The van der Waals surface area contributed by atoms with Crippen LogP contribution in [-0.2, 0) is 23.0 Å². The van der Waals surface area contributed by atoms with Gasteiger partial charge in [0.15, 0.2) is 0 Å². The molecule has 3 rings (SSSR count). The van der Waals surface area contributed by atoms with Gasteiger partial charge in [0, 0.05) is 24.6 Å². The van der Waals surface area contributed by atoms with Crippen LogP contribution in [0, 0.1) is 0 Å². The number of furan rings is 1. The number of benzene rings is 1. The molecule has 0 aliphatic heterocycles. The van der Waals surface area contributed by atoms with Gasteiger partial charge in [0.05, 0.1) is 11.2 Å². The summed E-state index contributed by atoms with van der Waals surface area (Å²) in [4.78, 5) is 0.140. The summed E-state index contributed by atoms with van der Waals surface area (Å²) in [7, 11) is -3.62. The Morgan fingerprint density at radius 1 is 1.24 bits per heavy atom. The molecule has 1 atom stereocenters. The highest BCUT2D eigenvalue weighted by molar-refractivity contribution is 7.89. The first-order valence-corrected chi connectivity index (χ1v) is 8.50. The maximum Gasteiger partial charge on any atom is 0.238 e. The Labute approximate surface area is 124 Å². The van der Waals surface area contributed by atoms with Crippen molar-refractivity contribution in [3.05, 3.63) is 53.5 Å². The van der Waals surface area contributed by atoms with Gasteiger partial charge < -0.3 is 9.73 Å². The predicted molar refractivity (Wildman–Crippen MR) is 79.0 cm³/mol. The lowest BCUT2D eigenvalue weighted by molar-refractivity contribution is 0.411. The second kappa shape index (κ2) is 5.63. The molecular weight excluding hydrogens is 288 g/mol. The quantitative estimate of drug-likeness (QED) is 0.905. The maximum absolute atomic E-state index is 11.2. The molecule has 1 aliphatic carbocycles. The van der Waals surface area contributed by atoms with Crippen LogP contribution in [0.1, 0.15) is 35.8 Å². The molecule has 1 aromatic heterocycles.